The molecule has 0 radical (unpaired) electrons. The number of hydrogen-bond donors (Lipinski definition) is 0. The van der Waals surface area contributed by atoms with Crippen LogP contribution in [0.4, 0.5) is 15.9 Å². The molecule has 1 aromatic carbocycles. The number of carbonyl (C=O) groups excluding carboxylic acids is 1. The molecule has 150 valence electrons. The van der Waals surface area contributed by atoms with E-state index in [1.165, 1.54) is 12.1 Å². The Morgan fingerprint density at radius 3 is 2.25 bits per heavy atom. The van der Waals surface area contributed by atoms with E-state index in [-0.39, 0.29) is 11.7 Å². The van der Waals surface area contributed by atoms with Gasteiger partial charge in [-0.1, -0.05) is 26.8 Å². The summed E-state index contributed by atoms with van der Waals surface area (Å²) < 4.78 is 13.3. The monoisotopic (exact) mass is 384 g/mol. The van der Waals surface area contributed by atoms with Gasteiger partial charge in [0.15, 0.2) is 0 Å². The molecule has 1 amide bonds. The molecule has 0 atom stereocenters. The lowest BCUT2D eigenvalue weighted by Gasteiger charge is -2.33. The molecule has 1 saturated heterocycles. The Kier molecular flexibility index (Phi) is 5.98. The van der Waals surface area contributed by atoms with Crippen molar-refractivity contribution in [2.24, 2.45) is 5.41 Å². The number of piperazine rings is 1. The number of likely N-dealkylation sites (N-methyl/N-ethyl adjacent to an activating group) is 1. The molecule has 3 rings (SSSR count). The number of carbonyl (C=O) groups is 1. The second-order valence-electron chi connectivity index (χ2n) is 8.43. The van der Waals surface area contributed by atoms with Gasteiger partial charge in [-0.25, -0.2) is 9.37 Å². The molecule has 0 saturated carbocycles. The summed E-state index contributed by atoms with van der Waals surface area (Å²) in [6, 6.07) is 10.1. The predicted octanol–water partition coefficient (Wildman–Crippen LogP) is 3.55. The number of hydrogen-bond acceptors (Lipinski definition) is 4. The Balaban J connectivity index is 1.78. The van der Waals surface area contributed by atoms with Gasteiger partial charge in [-0.05, 0) is 42.9 Å². The second kappa shape index (κ2) is 8.27. The Morgan fingerprint density at radius 1 is 1.07 bits per heavy atom. The molecule has 2 heterocycles. The minimum Gasteiger partial charge on any atom is -0.354 e. The van der Waals surface area contributed by atoms with Gasteiger partial charge >= 0.3 is 0 Å². The highest BCUT2D eigenvalue weighted by Gasteiger charge is 2.28. The molecule has 1 aromatic heterocycles. The zero-order chi connectivity index (χ0) is 20.3. The molecule has 1 fully saturated rings. The van der Waals surface area contributed by atoms with E-state index < -0.39 is 5.41 Å². The zero-order valence-electron chi connectivity index (χ0n) is 17.2. The predicted molar refractivity (Wildman–Crippen MR) is 111 cm³/mol. The Morgan fingerprint density at radius 2 is 1.71 bits per heavy atom. The fraction of sp³-hybridized carbons (Fsp3) is 0.455. The lowest BCUT2D eigenvalue weighted by molar-refractivity contribution is -0.125. The Hall–Kier alpha value is -2.47. The molecule has 6 heteroatoms. The van der Waals surface area contributed by atoms with Gasteiger partial charge in [-0.3, -0.25) is 4.79 Å². The van der Waals surface area contributed by atoms with Crippen LogP contribution < -0.4 is 9.80 Å². The van der Waals surface area contributed by atoms with Gasteiger partial charge in [0.05, 0.1) is 6.54 Å². The number of nitrogens with zero attached hydrogens (tertiary/aromatic N) is 4. The maximum absolute atomic E-state index is 13.3. The SMILES string of the molecule is CN1CCN(c2ccc(CN(C(=O)C(C)(C)C)c3ccc(F)cc3)cn2)CC1. The molecule has 0 N–H and O–H groups in total. The molecular weight excluding hydrogens is 355 g/mol. The van der Waals surface area contributed by atoms with Crippen molar-refractivity contribution in [1.82, 2.24) is 9.88 Å². The number of benzene rings is 1. The maximum atomic E-state index is 13.3. The molecule has 1 aliphatic rings. The number of aromatic nitrogens is 1. The average molecular weight is 384 g/mol. The van der Waals surface area contributed by atoms with Crippen LogP contribution in [0.2, 0.25) is 0 Å². The number of halogens is 1. The summed E-state index contributed by atoms with van der Waals surface area (Å²) in [7, 11) is 2.13. The molecule has 0 spiro atoms. The highest BCUT2D eigenvalue weighted by molar-refractivity contribution is 5.96. The molecule has 5 nitrogen and oxygen atoms in total. The van der Waals surface area contributed by atoms with Gasteiger partial charge < -0.3 is 14.7 Å². The largest absolute Gasteiger partial charge is 0.354 e. The minimum atomic E-state index is -0.540. The van der Waals surface area contributed by atoms with Crippen molar-refractivity contribution in [2.75, 3.05) is 43.0 Å². The van der Waals surface area contributed by atoms with Gasteiger partial charge in [0.25, 0.3) is 0 Å². The van der Waals surface area contributed by atoms with E-state index >= 15 is 0 Å². The summed E-state index contributed by atoms with van der Waals surface area (Å²) in [6.07, 6.45) is 1.83. The Labute approximate surface area is 166 Å². The Bertz CT molecular complexity index is 791. The summed E-state index contributed by atoms with van der Waals surface area (Å²) in [5.74, 6) is 0.639. The van der Waals surface area contributed by atoms with Crippen LogP contribution in [-0.4, -0.2) is 49.0 Å². The number of rotatable bonds is 4. The molecule has 1 aliphatic heterocycles. The van der Waals surface area contributed by atoms with Crippen molar-refractivity contribution in [3.63, 3.8) is 0 Å². The first-order valence-electron chi connectivity index (χ1n) is 9.70. The van der Waals surface area contributed by atoms with E-state index in [0.29, 0.717) is 12.2 Å². The van der Waals surface area contributed by atoms with E-state index in [2.05, 4.69) is 21.8 Å². The molecule has 0 unspecified atom stereocenters. The quantitative estimate of drug-likeness (QED) is 0.808. The summed E-state index contributed by atoms with van der Waals surface area (Å²) in [5.41, 5.74) is 1.09. The van der Waals surface area contributed by atoms with Crippen LogP contribution in [0.15, 0.2) is 42.6 Å². The van der Waals surface area contributed by atoms with Crippen LogP contribution in [0.5, 0.6) is 0 Å². The first kappa shape index (κ1) is 20.3. The third-order valence-corrected chi connectivity index (χ3v) is 5.00. The highest BCUT2D eigenvalue weighted by atomic mass is 19.1. The summed E-state index contributed by atoms with van der Waals surface area (Å²) in [5, 5.41) is 0. The van der Waals surface area contributed by atoms with Crippen molar-refractivity contribution >= 4 is 17.4 Å². The number of anilines is 2. The minimum absolute atomic E-state index is 0.0118. The fourth-order valence-corrected chi connectivity index (χ4v) is 3.22. The lowest BCUT2D eigenvalue weighted by atomic mass is 9.94. The van der Waals surface area contributed by atoms with E-state index in [9.17, 15) is 9.18 Å². The number of amides is 1. The first-order valence-corrected chi connectivity index (χ1v) is 9.70. The van der Waals surface area contributed by atoms with Crippen molar-refractivity contribution < 1.29 is 9.18 Å². The summed E-state index contributed by atoms with van der Waals surface area (Å²) in [6.45, 7) is 10.1. The average Bonchev–Trinajstić information content (AvgIpc) is 2.67. The third-order valence-electron chi connectivity index (χ3n) is 5.00. The smallest absolute Gasteiger partial charge is 0.232 e. The van der Waals surface area contributed by atoms with Crippen molar-refractivity contribution in [2.45, 2.75) is 27.3 Å². The molecule has 0 bridgehead atoms. The van der Waals surface area contributed by atoms with Crippen LogP contribution >= 0.6 is 0 Å². The van der Waals surface area contributed by atoms with Crippen LogP contribution in [0.3, 0.4) is 0 Å². The first-order chi connectivity index (χ1) is 13.2. The molecule has 0 aliphatic carbocycles. The molecule has 2 aromatic rings. The van der Waals surface area contributed by atoms with Crippen molar-refractivity contribution in [3.05, 3.63) is 54.0 Å². The van der Waals surface area contributed by atoms with Crippen molar-refractivity contribution in [3.8, 4) is 0 Å². The van der Waals surface area contributed by atoms with Crippen LogP contribution in [-0.2, 0) is 11.3 Å². The fourth-order valence-electron chi connectivity index (χ4n) is 3.22. The van der Waals surface area contributed by atoms with Gasteiger partial charge in [0.2, 0.25) is 5.91 Å². The highest BCUT2D eigenvalue weighted by Crippen LogP contribution is 2.26. The summed E-state index contributed by atoms with van der Waals surface area (Å²) in [4.78, 5) is 23.9. The van der Waals surface area contributed by atoms with Gasteiger partial charge in [-0.2, -0.15) is 0 Å². The van der Waals surface area contributed by atoms with Crippen LogP contribution in [0.25, 0.3) is 0 Å². The van der Waals surface area contributed by atoms with E-state index in [0.717, 1.165) is 37.6 Å². The normalized spacial score (nSPS) is 15.5. The second-order valence-corrected chi connectivity index (χ2v) is 8.43. The van der Waals surface area contributed by atoms with Gasteiger partial charge in [-0.15, -0.1) is 0 Å². The number of pyridine rings is 1. The third kappa shape index (κ3) is 4.87. The molecule has 28 heavy (non-hydrogen) atoms. The van der Waals surface area contributed by atoms with Crippen molar-refractivity contribution in [1.29, 1.82) is 0 Å². The van der Waals surface area contributed by atoms with Crippen LogP contribution in [0.1, 0.15) is 26.3 Å². The summed E-state index contributed by atoms with van der Waals surface area (Å²) >= 11 is 0. The van der Waals surface area contributed by atoms with Crippen LogP contribution in [0, 0.1) is 11.2 Å². The van der Waals surface area contributed by atoms with E-state index in [1.807, 2.05) is 39.1 Å². The van der Waals surface area contributed by atoms with Gasteiger partial charge in [0, 0.05) is 43.5 Å². The lowest BCUT2D eigenvalue weighted by Crippen LogP contribution is -2.44. The topological polar surface area (TPSA) is 39.7 Å². The van der Waals surface area contributed by atoms with Gasteiger partial charge in [0.1, 0.15) is 11.6 Å². The standard InChI is InChI=1S/C22H29FN4O/c1-22(2,3)21(28)27(19-8-6-18(23)7-9-19)16-17-5-10-20(24-15-17)26-13-11-25(4)12-14-26/h5-10,15H,11-14,16H2,1-4H3. The molecular formula is C22H29FN4O. The van der Waals surface area contributed by atoms with E-state index in [4.69, 9.17) is 0 Å². The van der Waals surface area contributed by atoms with E-state index in [1.54, 1.807) is 17.0 Å². The zero-order valence-corrected chi connectivity index (χ0v) is 17.2. The maximum Gasteiger partial charge on any atom is 0.232 e.